The molecule has 2 amide bonds. The van der Waals surface area contributed by atoms with Gasteiger partial charge in [-0.15, -0.1) is 24.8 Å². The van der Waals surface area contributed by atoms with Gasteiger partial charge in [0.05, 0.1) is 17.7 Å². The SMILES string of the molecule is COCCN1CCN(C[C@@H]2Cc3ccccc3CN2C(=O)c2cc3c(cc2-c2cc(C(=O)N(c4ccccc4)c4ccc(O)cc4)c4n2CCCC4)OCO3)CC1.Cl.Cl. The van der Waals surface area contributed by atoms with Crippen LogP contribution in [-0.2, 0) is 30.7 Å². The molecule has 59 heavy (non-hydrogen) atoms. The monoisotopic (exact) mass is 839 g/mol. The summed E-state index contributed by atoms with van der Waals surface area (Å²) in [7, 11) is 1.75. The Morgan fingerprint density at radius 1 is 0.780 bits per heavy atom. The fraction of sp³-hybridized carbons (Fsp3) is 0.348. The summed E-state index contributed by atoms with van der Waals surface area (Å²) in [5.41, 5.74) is 7.44. The molecule has 0 aliphatic carbocycles. The number of aromatic hydroxyl groups is 1. The Hall–Kier alpha value is -5.04. The molecular weight excluding hydrogens is 789 g/mol. The number of methoxy groups -OCH3 is 1. The number of carbonyl (C=O) groups is 2. The van der Waals surface area contributed by atoms with Gasteiger partial charge in [0.1, 0.15) is 5.75 Å². The Morgan fingerprint density at radius 3 is 2.20 bits per heavy atom. The number of nitrogens with zero attached hydrogens (tertiary/aromatic N) is 5. The Bertz CT molecular complexity index is 2260. The number of rotatable bonds is 10. The van der Waals surface area contributed by atoms with Crippen LogP contribution >= 0.6 is 24.8 Å². The van der Waals surface area contributed by atoms with Gasteiger partial charge in [-0.3, -0.25) is 24.3 Å². The van der Waals surface area contributed by atoms with E-state index >= 15 is 4.79 Å². The lowest BCUT2D eigenvalue weighted by atomic mass is 9.92. The number of amides is 2. The molecular formula is C46H51Cl2N5O6. The molecule has 0 bridgehead atoms. The van der Waals surface area contributed by atoms with Crippen molar-refractivity contribution in [1.29, 1.82) is 0 Å². The van der Waals surface area contributed by atoms with E-state index in [-0.39, 0.29) is 55.2 Å². The van der Waals surface area contributed by atoms with Gasteiger partial charge in [0, 0.05) is 93.8 Å². The molecule has 310 valence electrons. The van der Waals surface area contributed by atoms with Crippen LogP contribution in [0.25, 0.3) is 11.3 Å². The lowest BCUT2D eigenvalue weighted by Gasteiger charge is -2.42. The highest BCUT2D eigenvalue weighted by Crippen LogP contribution is 2.43. The first kappa shape index (κ1) is 42.1. The van der Waals surface area contributed by atoms with Crippen molar-refractivity contribution in [2.45, 2.75) is 44.8 Å². The zero-order chi connectivity index (χ0) is 38.9. The standard InChI is InChI=1S/C46H49N5O6.2ClH/c1-55-24-23-47-19-21-48(22-20-47)30-36-25-32-9-5-6-10-33(32)29-50(36)45(53)39-28-44-43(56-31-57-44)27-38(39)42-26-40(41-13-7-8-18-49(41)42)46(54)51(34-11-3-2-4-12-34)35-14-16-37(52)17-15-35;;/h2-6,9-12,14-17,26-28,36,52H,7-8,13,18-25,29-31H2,1H3;2*1H/t36-;;/m0../s1. The third kappa shape index (κ3) is 8.53. The van der Waals surface area contributed by atoms with E-state index in [4.69, 9.17) is 14.2 Å². The van der Waals surface area contributed by atoms with Gasteiger partial charge in [-0.2, -0.15) is 0 Å². The van der Waals surface area contributed by atoms with Gasteiger partial charge >= 0.3 is 0 Å². The lowest BCUT2D eigenvalue weighted by Crippen LogP contribution is -2.54. The fourth-order valence-corrected chi connectivity index (χ4v) is 8.95. The van der Waals surface area contributed by atoms with Crippen molar-refractivity contribution < 1.29 is 28.9 Å². The second-order valence-corrected chi connectivity index (χ2v) is 15.4. The van der Waals surface area contributed by atoms with E-state index in [9.17, 15) is 9.90 Å². The number of halogens is 2. The van der Waals surface area contributed by atoms with Crippen LogP contribution in [0.15, 0.2) is 97.1 Å². The predicted octanol–water partition coefficient (Wildman–Crippen LogP) is 7.58. The van der Waals surface area contributed by atoms with Crippen molar-refractivity contribution in [1.82, 2.24) is 19.3 Å². The molecule has 5 heterocycles. The van der Waals surface area contributed by atoms with Gasteiger partial charge in [-0.25, -0.2) is 0 Å². The average Bonchev–Trinajstić information content (AvgIpc) is 3.88. The Kier molecular flexibility index (Phi) is 13.2. The number of ether oxygens (including phenoxy) is 3. The van der Waals surface area contributed by atoms with Gasteiger partial charge in [-0.05, 0) is 91.4 Å². The minimum Gasteiger partial charge on any atom is -0.508 e. The Morgan fingerprint density at radius 2 is 1.46 bits per heavy atom. The first-order chi connectivity index (χ1) is 27.9. The number of piperazine rings is 1. The number of hydrogen-bond donors (Lipinski definition) is 1. The summed E-state index contributed by atoms with van der Waals surface area (Å²) in [6, 6.07) is 30.5. The van der Waals surface area contributed by atoms with E-state index in [1.165, 1.54) is 5.56 Å². The van der Waals surface area contributed by atoms with Gasteiger partial charge < -0.3 is 28.8 Å². The van der Waals surface area contributed by atoms with Crippen molar-refractivity contribution >= 4 is 48.0 Å². The summed E-state index contributed by atoms with van der Waals surface area (Å²) in [6.07, 6.45) is 3.42. The molecule has 11 nitrogen and oxygen atoms in total. The number of aromatic nitrogens is 1. The summed E-state index contributed by atoms with van der Waals surface area (Å²) in [5.74, 6) is 1.03. The van der Waals surface area contributed by atoms with E-state index < -0.39 is 0 Å². The first-order valence-corrected chi connectivity index (χ1v) is 20.1. The molecule has 4 aromatic carbocycles. The zero-order valence-electron chi connectivity index (χ0n) is 33.3. The van der Waals surface area contributed by atoms with E-state index in [0.29, 0.717) is 34.9 Å². The molecule has 1 saturated heterocycles. The minimum absolute atomic E-state index is 0. The third-order valence-electron chi connectivity index (χ3n) is 12.0. The van der Waals surface area contributed by atoms with Crippen molar-refractivity contribution in [3.8, 4) is 28.5 Å². The fourth-order valence-electron chi connectivity index (χ4n) is 8.95. The van der Waals surface area contributed by atoms with Gasteiger partial charge in [0.2, 0.25) is 6.79 Å². The number of phenols is 1. The number of carbonyl (C=O) groups excluding carboxylic acids is 2. The maximum absolute atomic E-state index is 15.3. The van der Waals surface area contributed by atoms with Crippen LogP contribution in [0.1, 0.15) is 50.4 Å². The summed E-state index contributed by atoms with van der Waals surface area (Å²) in [4.78, 5) is 39.0. The minimum atomic E-state index is -0.174. The summed E-state index contributed by atoms with van der Waals surface area (Å²) >= 11 is 0. The molecule has 1 fully saturated rings. The van der Waals surface area contributed by atoms with Crippen molar-refractivity contribution in [3.63, 3.8) is 0 Å². The highest BCUT2D eigenvalue weighted by Gasteiger charge is 2.36. The predicted molar refractivity (Wildman–Crippen MR) is 233 cm³/mol. The molecule has 1 atom stereocenters. The normalized spacial score (nSPS) is 17.3. The molecule has 5 aromatic rings. The Labute approximate surface area is 357 Å². The second kappa shape index (κ2) is 18.5. The zero-order valence-corrected chi connectivity index (χ0v) is 34.9. The van der Waals surface area contributed by atoms with Crippen molar-refractivity contribution in [3.05, 3.63) is 125 Å². The van der Waals surface area contributed by atoms with E-state index in [1.54, 1.807) is 36.3 Å². The molecule has 4 aliphatic rings. The molecule has 0 radical (unpaired) electrons. The molecule has 4 aliphatic heterocycles. The topological polar surface area (TPSA) is 100.0 Å². The highest BCUT2D eigenvalue weighted by molar-refractivity contribution is 6.12. The molecule has 1 aromatic heterocycles. The molecule has 13 heteroatoms. The number of para-hydroxylation sites is 1. The van der Waals surface area contributed by atoms with Crippen LogP contribution in [0.2, 0.25) is 0 Å². The highest BCUT2D eigenvalue weighted by atomic mass is 35.5. The van der Waals surface area contributed by atoms with Crippen LogP contribution in [0.5, 0.6) is 17.2 Å². The van der Waals surface area contributed by atoms with Gasteiger partial charge in [0.25, 0.3) is 11.8 Å². The van der Waals surface area contributed by atoms with Crippen LogP contribution in [0.3, 0.4) is 0 Å². The lowest BCUT2D eigenvalue weighted by molar-refractivity contribution is 0.0493. The van der Waals surface area contributed by atoms with Gasteiger partial charge in [0.15, 0.2) is 11.5 Å². The maximum Gasteiger partial charge on any atom is 0.264 e. The molecule has 1 N–H and O–H groups in total. The number of phenolic OH excluding ortho intramolecular Hbond substituents is 1. The van der Waals surface area contributed by atoms with Crippen LogP contribution in [0, 0.1) is 0 Å². The van der Waals surface area contributed by atoms with Crippen LogP contribution in [-0.4, -0.2) is 102 Å². The summed E-state index contributed by atoms with van der Waals surface area (Å²) in [5, 5.41) is 10.1. The molecule has 9 rings (SSSR count). The summed E-state index contributed by atoms with van der Waals surface area (Å²) in [6.45, 7) is 7.58. The Balaban J connectivity index is 0.00000264. The summed E-state index contributed by atoms with van der Waals surface area (Å²) < 4.78 is 19.4. The van der Waals surface area contributed by atoms with Gasteiger partial charge in [-0.1, -0.05) is 42.5 Å². The van der Waals surface area contributed by atoms with Crippen molar-refractivity contribution in [2.75, 3.05) is 64.7 Å². The number of anilines is 2. The first-order valence-electron chi connectivity index (χ1n) is 20.1. The van der Waals surface area contributed by atoms with E-state index in [2.05, 4.69) is 43.5 Å². The number of fused-ring (bicyclic) bond motifs is 3. The van der Waals surface area contributed by atoms with Crippen LogP contribution < -0.4 is 14.4 Å². The molecule has 0 saturated carbocycles. The molecule has 0 spiro atoms. The largest absolute Gasteiger partial charge is 0.508 e. The van der Waals surface area contributed by atoms with Crippen LogP contribution in [0.4, 0.5) is 11.4 Å². The van der Waals surface area contributed by atoms with E-state index in [1.807, 2.05) is 48.5 Å². The number of hydrogen-bond acceptors (Lipinski definition) is 8. The maximum atomic E-state index is 15.3. The molecule has 0 unspecified atom stereocenters. The third-order valence-corrected chi connectivity index (χ3v) is 12.0. The van der Waals surface area contributed by atoms with E-state index in [0.717, 1.165) is 106 Å². The smallest absolute Gasteiger partial charge is 0.264 e. The van der Waals surface area contributed by atoms with Crippen molar-refractivity contribution in [2.24, 2.45) is 0 Å². The number of benzene rings is 4. The second-order valence-electron chi connectivity index (χ2n) is 15.4. The average molecular weight is 841 g/mol. The quantitative estimate of drug-likeness (QED) is 0.154.